The molecular weight excluding hydrogens is 256 g/mol. The third-order valence-electron chi connectivity index (χ3n) is 3.01. The van der Waals surface area contributed by atoms with Gasteiger partial charge >= 0.3 is 0 Å². The van der Waals surface area contributed by atoms with Gasteiger partial charge in [-0.15, -0.1) is 0 Å². The summed E-state index contributed by atoms with van der Waals surface area (Å²) in [6.45, 7) is 4.46. The highest BCUT2D eigenvalue weighted by molar-refractivity contribution is 6.21. The van der Waals surface area contributed by atoms with Crippen molar-refractivity contribution in [2.24, 2.45) is 0 Å². The molecule has 4 nitrogen and oxygen atoms in total. The molecule has 0 aliphatic carbocycles. The molecular formula is C16H14O4. The van der Waals surface area contributed by atoms with Crippen molar-refractivity contribution in [2.45, 2.75) is 20.8 Å². The van der Waals surface area contributed by atoms with E-state index in [4.69, 9.17) is 4.42 Å². The molecule has 0 unspecified atom stereocenters. The zero-order valence-electron chi connectivity index (χ0n) is 11.5. The minimum Gasteiger partial charge on any atom is -0.463 e. The van der Waals surface area contributed by atoms with Crippen LogP contribution in [0.2, 0.25) is 0 Å². The summed E-state index contributed by atoms with van der Waals surface area (Å²) in [5, 5.41) is 0.435. The van der Waals surface area contributed by atoms with Crippen molar-refractivity contribution in [2.75, 3.05) is 0 Å². The first kappa shape index (κ1) is 13.9. The van der Waals surface area contributed by atoms with Gasteiger partial charge in [0, 0.05) is 0 Å². The zero-order valence-corrected chi connectivity index (χ0v) is 11.5. The highest BCUT2D eigenvalue weighted by Crippen LogP contribution is 2.15. The number of carbonyl (C=O) groups excluding carboxylic acids is 2. The fourth-order valence-corrected chi connectivity index (χ4v) is 1.97. The second kappa shape index (κ2) is 5.25. The minimum atomic E-state index is -0.374. The highest BCUT2D eigenvalue weighted by atomic mass is 16.3. The maximum absolute atomic E-state index is 12.3. The van der Waals surface area contributed by atoms with Crippen LogP contribution in [0, 0.1) is 6.92 Å². The van der Waals surface area contributed by atoms with E-state index >= 15 is 0 Å². The molecule has 0 aliphatic heterocycles. The monoisotopic (exact) mass is 270 g/mol. The van der Waals surface area contributed by atoms with Gasteiger partial charge in [0.25, 0.3) is 0 Å². The maximum Gasteiger partial charge on any atom is 0.199 e. The smallest absolute Gasteiger partial charge is 0.199 e. The van der Waals surface area contributed by atoms with Gasteiger partial charge in [0.1, 0.15) is 11.8 Å². The van der Waals surface area contributed by atoms with E-state index in [9.17, 15) is 14.4 Å². The maximum atomic E-state index is 12.3. The van der Waals surface area contributed by atoms with E-state index in [0.717, 1.165) is 5.56 Å². The molecule has 0 saturated heterocycles. The summed E-state index contributed by atoms with van der Waals surface area (Å²) in [6.07, 6.45) is 2.56. The van der Waals surface area contributed by atoms with E-state index < -0.39 is 0 Å². The van der Waals surface area contributed by atoms with Crippen molar-refractivity contribution in [3.05, 3.63) is 51.4 Å². The van der Waals surface area contributed by atoms with E-state index in [1.807, 2.05) is 13.0 Å². The Morgan fingerprint density at radius 2 is 1.80 bits per heavy atom. The average Bonchev–Trinajstić information content (AvgIpc) is 2.37. The molecule has 0 saturated carbocycles. The Bertz CT molecular complexity index is 778. The Morgan fingerprint density at radius 1 is 1.15 bits per heavy atom. The van der Waals surface area contributed by atoms with Crippen LogP contribution in [0.3, 0.4) is 0 Å². The van der Waals surface area contributed by atoms with Gasteiger partial charge in [-0.25, -0.2) is 0 Å². The van der Waals surface area contributed by atoms with Crippen molar-refractivity contribution < 1.29 is 14.0 Å². The van der Waals surface area contributed by atoms with Gasteiger partial charge in [0.2, 0.25) is 0 Å². The number of benzene rings is 1. The van der Waals surface area contributed by atoms with Crippen LogP contribution in [-0.4, -0.2) is 11.6 Å². The number of carbonyl (C=O) groups is 2. The lowest BCUT2D eigenvalue weighted by atomic mass is 10.0. The topological polar surface area (TPSA) is 64.3 Å². The number of allylic oxidation sites excluding steroid dienone is 1. The summed E-state index contributed by atoms with van der Waals surface area (Å²) < 4.78 is 5.37. The predicted octanol–water partition coefficient (Wildman–Crippen LogP) is 2.66. The van der Waals surface area contributed by atoms with Crippen LogP contribution in [0.15, 0.2) is 39.2 Å². The fraction of sp³-hybridized carbons (Fsp3) is 0.188. The standard InChI is InChI=1S/C16H14O4/c1-9-4-5-15-14(6-9)16(19)12(8-20-15)7-13(10(2)17)11(3)18/h4-8H,1-3H3. The van der Waals surface area contributed by atoms with Crippen molar-refractivity contribution in [1.82, 2.24) is 0 Å². The minimum absolute atomic E-state index is 0.00990. The first-order valence-electron chi connectivity index (χ1n) is 6.16. The van der Waals surface area contributed by atoms with Crippen LogP contribution in [0.4, 0.5) is 0 Å². The molecule has 4 heteroatoms. The fourth-order valence-electron chi connectivity index (χ4n) is 1.97. The first-order chi connectivity index (χ1) is 9.40. The normalized spacial score (nSPS) is 10.3. The van der Waals surface area contributed by atoms with Gasteiger partial charge < -0.3 is 4.42 Å². The molecule has 20 heavy (non-hydrogen) atoms. The van der Waals surface area contributed by atoms with Crippen LogP contribution >= 0.6 is 0 Å². The van der Waals surface area contributed by atoms with Crippen LogP contribution in [0.1, 0.15) is 25.0 Å². The molecule has 0 spiro atoms. The summed E-state index contributed by atoms with van der Waals surface area (Å²) in [6, 6.07) is 5.29. The molecule has 0 atom stereocenters. The average molecular weight is 270 g/mol. The van der Waals surface area contributed by atoms with Gasteiger partial charge in [-0.2, -0.15) is 0 Å². The quantitative estimate of drug-likeness (QED) is 0.488. The van der Waals surface area contributed by atoms with E-state index in [-0.39, 0.29) is 28.1 Å². The largest absolute Gasteiger partial charge is 0.463 e. The Balaban J connectivity index is 2.70. The highest BCUT2D eigenvalue weighted by Gasteiger charge is 2.12. The van der Waals surface area contributed by atoms with Crippen LogP contribution in [0.5, 0.6) is 0 Å². The van der Waals surface area contributed by atoms with Gasteiger partial charge in [-0.3, -0.25) is 14.4 Å². The molecule has 0 amide bonds. The van der Waals surface area contributed by atoms with Gasteiger partial charge in [-0.05, 0) is 39.0 Å². The van der Waals surface area contributed by atoms with Crippen molar-refractivity contribution >= 4 is 28.6 Å². The summed E-state index contributed by atoms with van der Waals surface area (Å²) in [5.41, 5.74) is 1.34. The summed E-state index contributed by atoms with van der Waals surface area (Å²) in [5.74, 6) is -0.748. The van der Waals surface area contributed by atoms with Crippen molar-refractivity contribution in [3.8, 4) is 0 Å². The second-order valence-electron chi connectivity index (χ2n) is 4.69. The number of Topliss-reactive ketones (excluding diaryl/α,β-unsaturated/α-hetero) is 2. The first-order valence-corrected chi connectivity index (χ1v) is 6.16. The molecule has 0 N–H and O–H groups in total. The Morgan fingerprint density at radius 3 is 2.40 bits per heavy atom. The summed E-state index contributed by atoms with van der Waals surface area (Å²) in [4.78, 5) is 35.1. The van der Waals surface area contributed by atoms with E-state index in [2.05, 4.69) is 0 Å². The number of hydrogen-bond acceptors (Lipinski definition) is 4. The molecule has 0 bridgehead atoms. The molecule has 1 heterocycles. The number of rotatable bonds is 3. The van der Waals surface area contributed by atoms with Crippen LogP contribution in [0.25, 0.3) is 17.0 Å². The number of hydrogen-bond donors (Lipinski definition) is 0. The van der Waals surface area contributed by atoms with E-state index in [0.29, 0.717) is 11.0 Å². The molecule has 2 rings (SSSR count). The summed E-state index contributed by atoms with van der Waals surface area (Å²) in [7, 11) is 0. The lowest BCUT2D eigenvalue weighted by Crippen LogP contribution is -2.10. The zero-order chi connectivity index (χ0) is 14.9. The predicted molar refractivity (Wildman–Crippen MR) is 76.6 cm³/mol. The number of fused-ring (bicyclic) bond motifs is 1. The lowest BCUT2D eigenvalue weighted by Gasteiger charge is -2.01. The summed E-state index contributed by atoms with van der Waals surface area (Å²) >= 11 is 0. The molecule has 102 valence electrons. The Labute approximate surface area is 115 Å². The van der Waals surface area contributed by atoms with E-state index in [1.165, 1.54) is 26.2 Å². The van der Waals surface area contributed by atoms with Gasteiger partial charge in [0.05, 0.1) is 16.5 Å². The van der Waals surface area contributed by atoms with Crippen molar-refractivity contribution in [1.29, 1.82) is 0 Å². The number of ketones is 2. The Kier molecular flexibility index (Phi) is 3.66. The second-order valence-corrected chi connectivity index (χ2v) is 4.69. The number of aryl methyl sites for hydroxylation is 1. The van der Waals surface area contributed by atoms with Crippen LogP contribution < -0.4 is 5.43 Å². The SMILES string of the molecule is CC(=O)C(=Cc1coc2ccc(C)cc2c1=O)C(C)=O. The molecule has 1 aromatic heterocycles. The molecule has 1 aromatic carbocycles. The molecule has 2 aromatic rings. The Hall–Kier alpha value is -2.49. The van der Waals surface area contributed by atoms with E-state index in [1.54, 1.807) is 12.1 Å². The lowest BCUT2D eigenvalue weighted by molar-refractivity contribution is -0.119. The van der Waals surface area contributed by atoms with Gasteiger partial charge in [-0.1, -0.05) is 11.6 Å². The molecule has 0 aliphatic rings. The molecule has 0 radical (unpaired) electrons. The van der Waals surface area contributed by atoms with Crippen LogP contribution in [-0.2, 0) is 9.59 Å². The molecule has 0 fully saturated rings. The third-order valence-corrected chi connectivity index (χ3v) is 3.01. The van der Waals surface area contributed by atoms with Crippen molar-refractivity contribution in [3.63, 3.8) is 0 Å². The van der Waals surface area contributed by atoms with Gasteiger partial charge in [0.15, 0.2) is 17.0 Å². The third kappa shape index (κ3) is 2.59.